The summed E-state index contributed by atoms with van der Waals surface area (Å²) in [7, 11) is 0. The van der Waals surface area contributed by atoms with E-state index in [9.17, 15) is 18.0 Å². The summed E-state index contributed by atoms with van der Waals surface area (Å²) in [6.45, 7) is 0.364. The lowest BCUT2D eigenvalue weighted by Gasteiger charge is -2.09. The Labute approximate surface area is 137 Å². The molecule has 0 atom stereocenters. The number of benzene rings is 1. The van der Waals surface area contributed by atoms with E-state index in [0.717, 1.165) is 11.4 Å². The topological polar surface area (TPSA) is 56.1 Å². The van der Waals surface area contributed by atoms with Crippen molar-refractivity contribution in [2.24, 2.45) is 0 Å². The number of ether oxygens (including phenoxy) is 1. The quantitative estimate of drug-likeness (QED) is 0.788. The zero-order valence-corrected chi connectivity index (χ0v) is 13.1. The van der Waals surface area contributed by atoms with Crippen molar-refractivity contribution in [1.82, 2.24) is 15.1 Å². The van der Waals surface area contributed by atoms with Gasteiger partial charge in [-0.1, -0.05) is 25.1 Å². The zero-order chi connectivity index (χ0) is 17.6. The number of halogens is 3. The molecule has 0 fully saturated rings. The molecule has 24 heavy (non-hydrogen) atoms. The summed E-state index contributed by atoms with van der Waals surface area (Å²) < 4.78 is 42.0. The summed E-state index contributed by atoms with van der Waals surface area (Å²) in [4.78, 5) is 12.2. The summed E-state index contributed by atoms with van der Waals surface area (Å²) in [5.41, 5.74) is 1.97. The molecule has 1 aromatic carbocycles. The fourth-order valence-corrected chi connectivity index (χ4v) is 2.22. The van der Waals surface area contributed by atoms with Crippen LogP contribution in [0.15, 0.2) is 36.5 Å². The van der Waals surface area contributed by atoms with Crippen LogP contribution in [0.2, 0.25) is 0 Å². The number of aromatic nitrogens is 2. The summed E-state index contributed by atoms with van der Waals surface area (Å²) in [5.74, 6) is -0.385. The standard InChI is InChI=1S/C16H18F3N3O2/c1-2-14-13(10-21-22(14)12-6-4-3-5-7-12)15(23)20-8-9-24-11-16(17,18)19/h3-7,10H,2,8-9,11H2,1H3,(H,20,23). The largest absolute Gasteiger partial charge is 0.411 e. The second kappa shape index (κ2) is 7.96. The highest BCUT2D eigenvalue weighted by atomic mass is 19.4. The number of nitrogens with zero attached hydrogens (tertiary/aromatic N) is 2. The number of hydrogen-bond acceptors (Lipinski definition) is 3. The van der Waals surface area contributed by atoms with Crippen LogP contribution in [0.25, 0.3) is 5.69 Å². The van der Waals surface area contributed by atoms with Crippen molar-refractivity contribution in [3.63, 3.8) is 0 Å². The molecule has 0 aliphatic rings. The number of carbonyl (C=O) groups is 1. The first-order chi connectivity index (χ1) is 11.4. The highest BCUT2D eigenvalue weighted by Gasteiger charge is 2.27. The molecule has 0 unspecified atom stereocenters. The van der Waals surface area contributed by atoms with Crippen LogP contribution in [-0.4, -0.2) is 41.6 Å². The van der Waals surface area contributed by atoms with Crippen LogP contribution >= 0.6 is 0 Å². The number of hydrogen-bond donors (Lipinski definition) is 1. The van der Waals surface area contributed by atoms with E-state index in [-0.39, 0.29) is 19.1 Å². The second-order valence-electron chi connectivity index (χ2n) is 5.03. The van der Waals surface area contributed by atoms with Crippen molar-refractivity contribution in [3.8, 4) is 5.69 Å². The number of rotatable bonds is 7. The van der Waals surface area contributed by atoms with Gasteiger partial charge >= 0.3 is 6.18 Å². The van der Waals surface area contributed by atoms with E-state index >= 15 is 0 Å². The lowest BCUT2D eigenvalue weighted by molar-refractivity contribution is -0.173. The Morgan fingerprint density at radius 1 is 1.29 bits per heavy atom. The van der Waals surface area contributed by atoms with Gasteiger partial charge in [-0.25, -0.2) is 4.68 Å². The van der Waals surface area contributed by atoms with Crippen LogP contribution in [-0.2, 0) is 11.2 Å². The first-order valence-electron chi connectivity index (χ1n) is 7.47. The van der Waals surface area contributed by atoms with Gasteiger partial charge in [0, 0.05) is 6.54 Å². The van der Waals surface area contributed by atoms with Crippen molar-refractivity contribution >= 4 is 5.91 Å². The van der Waals surface area contributed by atoms with Gasteiger partial charge in [-0.3, -0.25) is 4.79 Å². The Morgan fingerprint density at radius 3 is 2.62 bits per heavy atom. The third-order valence-corrected chi connectivity index (χ3v) is 3.25. The average Bonchev–Trinajstić information content (AvgIpc) is 2.98. The minimum absolute atomic E-state index is 0.00537. The SMILES string of the molecule is CCc1c(C(=O)NCCOCC(F)(F)F)cnn1-c1ccccc1. The molecule has 1 amide bonds. The van der Waals surface area contributed by atoms with Crippen molar-refractivity contribution in [3.05, 3.63) is 47.8 Å². The molecule has 0 aliphatic heterocycles. The van der Waals surface area contributed by atoms with Crippen LogP contribution in [0.3, 0.4) is 0 Å². The molecular weight excluding hydrogens is 323 g/mol. The van der Waals surface area contributed by atoms with Crippen LogP contribution < -0.4 is 5.32 Å². The van der Waals surface area contributed by atoms with E-state index in [0.29, 0.717) is 12.0 Å². The number of amides is 1. The summed E-state index contributed by atoms with van der Waals surface area (Å²) in [6.07, 6.45) is -2.32. The molecule has 1 N–H and O–H groups in total. The fraction of sp³-hybridized carbons (Fsp3) is 0.375. The number of nitrogens with one attached hydrogen (secondary N) is 1. The van der Waals surface area contributed by atoms with E-state index in [1.165, 1.54) is 6.20 Å². The first-order valence-corrected chi connectivity index (χ1v) is 7.47. The summed E-state index contributed by atoms with van der Waals surface area (Å²) in [6, 6.07) is 9.37. The van der Waals surface area contributed by atoms with Crippen molar-refractivity contribution in [2.75, 3.05) is 19.8 Å². The Morgan fingerprint density at radius 2 is 2.00 bits per heavy atom. The van der Waals surface area contributed by atoms with Crippen LogP contribution in [0.1, 0.15) is 23.0 Å². The summed E-state index contributed by atoms with van der Waals surface area (Å²) >= 11 is 0. The second-order valence-corrected chi connectivity index (χ2v) is 5.03. The molecule has 0 spiro atoms. The Balaban J connectivity index is 1.97. The van der Waals surface area contributed by atoms with Crippen LogP contribution in [0, 0.1) is 0 Å². The van der Waals surface area contributed by atoms with Gasteiger partial charge in [0.25, 0.3) is 5.91 Å². The lowest BCUT2D eigenvalue weighted by atomic mass is 10.2. The molecule has 0 saturated heterocycles. The zero-order valence-electron chi connectivity index (χ0n) is 13.1. The maximum absolute atomic E-state index is 12.2. The van der Waals surface area contributed by atoms with Gasteiger partial charge in [0.15, 0.2) is 0 Å². The van der Waals surface area contributed by atoms with Gasteiger partial charge in [-0.15, -0.1) is 0 Å². The van der Waals surface area contributed by atoms with E-state index in [2.05, 4.69) is 15.2 Å². The Kier molecular flexibility index (Phi) is 5.97. The van der Waals surface area contributed by atoms with Gasteiger partial charge in [0.1, 0.15) is 6.61 Å². The van der Waals surface area contributed by atoms with Crippen LogP contribution in [0.4, 0.5) is 13.2 Å². The number of alkyl halides is 3. The molecule has 0 radical (unpaired) electrons. The predicted octanol–water partition coefficient (Wildman–Crippen LogP) is 2.74. The number of carbonyl (C=O) groups excluding carboxylic acids is 1. The smallest absolute Gasteiger partial charge is 0.370 e. The minimum atomic E-state index is -4.36. The van der Waals surface area contributed by atoms with Gasteiger partial charge in [0.2, 0.25) is 0 Å². The van der Waals surface area contributed by atoms with E-state index < -0.39 is 12.8 Å². The first kappa shape index (κ1) is 18.0. The third-order valence-electron chi connectivity index (χ3n) is 3.25. The molecule has 1 aromatic heterocycles. The molecule has 0 bridgehead atoms. The Bertz CT molecular complexity index is 669. The van der Waals surface area contributed by atoms with Gasteiger partial charge in [-0.05, 0) is 18.6 Å². The van der Waals surface area contributed by atoms with Crippen molar-refractivity contribution < 1.29 is 22.7 Å². The predicted molar refractivity (Wildman–Crippen MR) is 82.1 cm³/mol. The highest BCUT2D eigenvalue weighted by molar-refractivity contribution is 5.95. The molecule has 2 aromatic rings. The molecule has 8 heteroatoms. The monoisotopic (exact) mass is 341 g/mol. The van der Waals surface area contributed by atoms with E-state index in [1.54, 1.807) is 4.68 Å². The van der Waals surface area contributed by atoms with Gasteiger partial charge in [-0.2, -0.15) is 18.3 Å². The molecule has 130 valence electrons. The minimum Gasteiger partial charge on any atom is -0.370 e. The lowest BCUT2D eigenvalue weighted by Crippen LogP contribution is -2.29. The van der Waals surface area contributed by atoms with Crippen LogP contribution in [0.5, 0.6) is 0 Å². The van der Waals surface area contributed by atoms with Gasteiger partial charge in [0.05, 0.1) is 29.7 Å². The molecule has 1 heterocycles. The van der Waals surface area contributed by atoms with E-state index in [1.807, 2.05) is 37.3 Å². The molecule has 0 aliphatic carbocycles. The number of para-hydroxylation sites is 1. The maximum atomic E-state index is 12.2. The molecule has 0 saturated carbocycles. The van der Waals surface area contributed by atoms with Gasteiger partial charge < -0.3 is 10.1 Å². The van der Waals surface area contributed by atoms with Crippen molar-refractivity contribution in [1.29, 1.82) is 0 Å². The Hall–Kier alpha value is -2.35. The fourth-order valence-electron chi connectivity index (χ4n) is 2.22. The van der Waals surface area contributed by atoms with E-state index in [4.69, 9.17) is 0 Å². The normalized spacial score (nSPS) is 11.5. The maximum Gasteiger partial charge on any atom is 0.411 e. The summed E-state index contributed by atoms with van der Waals surface area (Å²) in [5, 5.41) is 6.77. The molecule has 2 rings (SSSR count). The van der Waals surface area contributed by atoms with Crippen molar-refractivity contribution in [2.45, 2.75) is 19.5 Å². The average molecular weight is 341 g/mol. The highest BCUT2D eigenvalue weighted by Crippen LogP contribution is 2.16. The molecular formula is C16H18F3N3O2. The molecule has 5 nitrogen and oxygen atoms in total. The third kappa shape index (κ3) is 4.82.